The Morgan fingerprint density at radius 2 is 1.97 bits per heavy atom. The second-order valence-corrected chi connectivity index (χ2v) is 8.52. The lowest BCUT2D eigenvalue weighted by molar-refractivity contribution is -0.141. The van der Waals surface area contributed by atoms with Crippen molar-refractivity contribution in [3.63, 3.8) is 0 Å². The molecule has 0 spiro atoms. The molecule has 3 aliphatic heterocycles. The Morgan fingerprint density at radius 1 is 1.25 bits per heavy atom. The summed E-state index contributed by atoms with van der Waals surface area (Å²) in [6.07, 6.45) is -0.906. The highest BCUT2D eigenvalue weighted by Crippen LogP contribution is 2.31. The van der Waals surface area contributed by atoms with Crippen molar-refractivity contribution in [1.82, 2.24) is 20.1 Å². The van der Waals surface area contributed by atoms with Crippen LogP contribution in [0.2, 0.25) is 0 Å². The Hall–Kier alpha value is -2.87. The minimum atomic E-state index is -4.66. The van der Waals surface area contributed by atoms with Gasteiger partial charge in [0.15, 0.2) is 5.69 Å². The van der Waals surface area contributed by atoms with E-state index in [0.717, 1.165) is 0 Å². The topological polar surface area (TPSA) is 98.6 Å². The van der Waals surface area contributed by atoms with Gasteiger partial charge in [-0.1, -0.05) is 0 Å². The summed E-state index contributed by atoms with van der Waals surface area (Å²) in [6, 6.07) is 2.59. The van der Waals surface area contributed by atoms with Crippen molar-refractivity contribution in [2.75, 3.05) is 32.8 Å². The summed E-state index contributed by atoms with van der Waals surface area (Å²) in [5, 5.41) is 11.9. The minimum absolute atomic E-state index is 0.0573. The number of hydrogen-bond acceptors (Lipinski definition) is 5. The van der Waals surface area contributed by atoms with Crippen LogP contribution in [0, 0.1) is 17.2 Å². The summed E-state index contributed by atoms with van der Waals surface area (Å²) in [7, 11) is 0. The zero-order chi connectivity index (χ0) is 22.9. The van der Waals surface area contributed by atoms with Gasteiger partial charge in [0.1, 0.15) is 12.7 Å². The van der Waals surface area contributed by atoms with Crippen LogP contribution in [0.4, 0.5) is 18.0 Å². The highest BCUT2D eigenvalue weighted by atomic mass is 19.4. The van der Waals surface area contributed by atoms with Gasteiger partial charge in [0, 0.05) is 32.4 Å². The van der Waals surface area contributed by atoms with Gasteiger partial charge in [-0.05, 0) is 43.2 Å². The van der Waals surface area contributed by atoms with E-state index in [1.54, 1.807) is 15.9 Å². The molecular formula is C21H24F3N5O3. The third-order valence-electron chi connectivity index (χ3n) is 6.34. The van der Waals surface area contributed by atoms with Crippen LogP contribution in [0.25, 0.3) is 0 Å². The van der Waals surface area contributed by atoms with Crippen LogP contribution in [-0.2, 0) is 22.1 Å². The van der Waals surface area contributed by atoms with E-state index in [0.29, 0.717) is 57.4 Å². The first kappa shape index (κ1) is 22.3. The minimum Gasteiger partial charge on any atom is -0.366 e. The summed E-state index contributed by atoms with van der Waals surface area (Å²) in [5.74, 6) is 0.0274. The molecule has 8 nitrogen and oxygen atoms in total. The molecule has 1 aromatic heterocycles. The molecule has 32 heavy (non-hydrogen) atoms. The number of ether oxygens (including phenoxy) is 1. The normalized spacial score (nSPS) is 24.5. The number of likely N-dealkylation sites (tertiary alicyclic amines) is 2. The molecule has 1 N–H and O–H groups in total. The molecule has 11 heteroatoms. The second kappa shape index (κ2) is 8.94. The highest BCUT2D eigenvalue weighted by Gasteiger charge is 2.38. The maximum Gasteiger partial charge on any atom is 0.434 e. The van der Waals surface area contributed by atoms with Crippen LogP contribution in [0.15, 0.2) is 12.3 Å². The van der Waals surface area contributed by atoms with Crippen LogP contribution >= 0.6 is 0 Å². The molecule has 3 saturated heterocycles. The summed E-state index contributed by atoms with van der Waals surface area (Å²) < 4.78 is 44.3. The monoisotopic (exact) mass is 451 g/mol. The number of pyridine rings is 1. The fourth-order valence-electron chi connectivity index (χ4n) is 4.67. The number of fused-ring (bicyclic) bond motifs is 1. The van der Waals surface area contributed by atoms with Crippen molar-refractivity contribution in [2.45, 2.75) is 44.0 Å². The van der Waals surface area contributed by atoms with E-state index in [-0.39, 0.29) is 36.6 Å². The van der Waals surface area contributed by atoms with E-state index in [4.69, 9.17) is 10.00 Å². The number of carbonyl (C=O) groups excluding carboxylic acids is 2. The number of rotatable bonds is 2. The second-order valence-electron chi connectivity index (χ2n) is 8.52. The summed E-state index contributed by atoms with van der Waals surface area (Å²) in [6.45, 7) is 2.16. The average molecular weight is 451 g/mol. The van der Waals surface area contributed by atoms with E-state index >= 15 is 0 Å². The van der Waals surface area contributed by atoms with Crippen molar-refractivity contribution < 1.29 is 27.5 Å². The maximum atomic E-state index is 12.9. The number of morpholine rings is 1. The Kier molecular flexibility index (Phi) is 6.24. The van der Waals surface area contributed by atoms with Crippen molar-refractivity contribution >= 4 is 11.9 Å². The number of hydrogen-bond donors (Lipinski definition) is 1. The van der Waals surface area contributed by atoms with Crippen molar-refractivity contribution in [1.29, 1.82) is 5.26 Å². The fourth-order valence-corrected chi connectivity index (χ4v) is 4.67. The molecule has 0 aromatic carbocycles. The summed E-state index contributed by atoms with van der Waals surface area (Å²) in [5.41, 5.74) is -1.04. The number of nitrogens with one attached hydrogen (secondary N) is 1. The first-order valence-corrected chi connectivity index (χ1v) is 10.7. The molecule has 0 radical (unpaired) electrons. The van der Waals surface area contributed by atoms with Crippen molar-refractivity contribution in [3.8, 4) is 6.07 Å². The Bertz CT molecular complexity index is 924. The largest absolute Gasteiger partial charge is 0.434 e. The van der Waals surface area contributed by atoms with Gasteiger partial charge in [0.2, 0.25) is 5.91 Å². The molecule has 4 rings (SSSR count). The van der Waals surface area contributed by atoms with Gasteiger partial charge in [0.25, 0.3) is 0 Å². The smallest absolute Gasteiger partial charge is 0.366 e. The predicted molar refractivity (Wildman–Crippen MR) is 105 cm³/mol. The van der Waals surface area contributed by atoms with E-state index in [1.807, 2.05) is 0 Å². The third kappa shape index (κ3) is 4.80. The fraction of sp³-hybridized carbons (Fsp3) is 0.619. The lowest BCUT2D eigenvalue weighted by atomic mass is 9.90. The van der Waals surface area contributed by atoms with Gasteiger partial charge < -0.3 is 19.9 Å². The van der Waals surface area contributed by atoms with E-state index in [1.165, 1.54) is 12.3 Å². The highest BCUT2D eigenvalue weighted by molar-refractivity contribution is 5.79. The molecule has 3 aliphatic rings. The van der Waals surface area contributed by atoms with Crippen LogP contribution in [-0.4, -0.2) is 71.7 Å². The molecule has 3 fully saturated rings. The molecule has 0 unspecified atom stereocenters. The molecular weight excluding hydrogens is 427 g/mol. The number of amides is 3. The number of carbonyl (C=O) groups is 2. The maximum absolute atomic E-state index is 12.9. The van der Waals surface area contributed by atoms with Gasteiger partial charge in [-0.2, -0.15) is 18.4 Å². The number of nitriles is 1. The van der Waals surface area contributed by atoms with Gasteiger partial charge in [-0.15, -0.1) is 0 Å². The van der Waals surface area contributed by atoms with Gasteiger partial charge in [0.05, 0.1) is 17.7 Å². The van der Waals surface area contributed by atoms with Gasteiger partial charge in [-0.25, -0.2) is 4.79 Å². The van der Waals surface area contributed by atoms with Crippen molar-refractivity contribution in [3.05, 3.63) is 29.1 Å². The lowest BCUT2D eigenvalue weighted by Gasteiger charge is -2.43. The number of aromatic nitrogens is 1. The quantitative estimate of drug-likeness (QED) is 0.741. The molecule has 1 aromatic rings. The van der Waals surface area contributed by atoms with E-state index in [2.05, 4.69) is 10.3 Å². The van der Waals surface area contributed by atoms with Gasteiger partial charge >= 0.3 is 12.2 Å². The van der Waals surface area contributed by atoms with Crippen LogP contribution < -0.4 is 5.32 Å². The van der Waals surface area contributed by atoms with E-state index in [9.17, 15) is 22.8 Å². The number of nitrogens with zero attached hydrogens (tertiary/aromatic N) is 4. The number of alkyl halides is 3. The lowest BCUT2D eigenvalue weighted by Crippen LogP contribution is -2.62. The van der Waals surface area contributed by atoms with Crippen LogP contribution in [0.3, 0.4) is 0 Å². The molecule has 0 saturated carbocycles. The predicted octanol–water partition coefficient (Wildman–Crippen LogP) is 1.94. The summed E-state index contributed by atoms with van der Waals surface area (Å²) >= 11 is 0. The third-order valence-corrected chi connectivity index (χ3v) is 6.34. The molecule has 172 valence electrons. The first-order chi connectivity index (χ1) is 15.2. The Morgan fingerprint density at radius 3 is 2.66 bits per heavy atom. The Balaban J connectivity index is 1.30. The molecule has 0 bridgehead atoms. The van der Waals surface area contributed by atoms with Crippen molar-refractivity contribution in [2.24, 2.45) is 5.92 Å². The zero-order valence-electron chi connectivity index (χ0n) is 17.4. The molecule has 3 amide bonds. The zero-order valence-corrected chi connectivity index (χ0v) is 17.4. The van der Waals surface area contributed by atoms with Crippen LogP contribution in [0.1, 0.15) is 36.1 Å². The van der Waals surface area contributed by atoms with Gasteiger partial charge in [-0.3, -0.25) is 9.78 Å². The first-order valence-electron chi connectivity index (χ1n) is 10.7. The number of piperidine rings is 2. The Labute approximate surface area is 183 Å². The average Bonchev–Trinajstić information content (AvgIpc) is 2.77. The number of halogens is 3. The molecule has 2 atom stereocenters. The SMILES string of the molecule is N#Cc1cc(CC2CCN(C(=O)N3CC[C@@H]4OCC(=O)N[C@@H]4C3)CC2)cnc1C(F)(F)F. The molecule has 0 aliphatic carbocycles. The standard InChI is InChI=1S/C21H24F3N5O3/c22-21(23,24)19-15(9-25)8-14(10-26-19)7-13-1-4-28(5-2-13)20(31)29-6-3-17-16(11-29)27-18(30)12-32-17/h8,10,13,16-17H,1-7,11-12H2,(H,27,30)/t16-,17+/m1/s1. The van der Waals surface area contributed by atoms with E-state index < -0.39 is 17.4 Å². The van der Waals surface area contributed by atoms with Crippen LogP contribution in [0.5, 0.6) is 0 Å². The summed E-state index contributed by atoms with van der Waals surface area (Å²) in [4.78, 5) is 31.5. The number of urea groups is 1. The molecule has 4 heterocycles.